The van der Waals surface area contributed by atoms with Crippen molar-refractivity contribution in [2.45, 2.75) is 13.5 Å². The van der Waals surface area contributed by atoms with Crippen molar-refractivity contribution in [2.24, 2.45) is 5.73 Å². The number of thiazole rings is 1. The molecule has 0 saturated carbocycles. The maximum atomic E-state index is 12.0. The van der Waals surface area contributed by atoms with Crippen molar-refractivity contribution in [3.63, 3.8) is 0 Å². The topological polar surface area (TPSA) is 68.0 Å². The van der Waals surface area contributed by atoms with Gasteiger partial charge in [-0.1, -0.05) is 6.07 Å². The summed E-state index contributed by atoms with van der Waals surface area (Å²) in [6.45, 7) is 2.32. The zero-order chi connectivity index (χ0) is 13.1. The highest BCUT2D eigenvalue weighted by molar-refractivity contribution is 9.10. The SMILES string of the molecule is Cc1ccc(Br)c(NC(=O)c2csc(CN)n2)c1. The molecule has 0 saturated heterocycles. The van der Waals surface area contributed by atoms with Crippen molar-refractivity contribution in [2.75, 3.05) is 5.32 Å². The second kappa shape index (κ2) is 5.60. The van der Waals surface area contributed by atoms with Crippen LogP contribution in [0.2, 0.25) is 0 Å². The molecule has 0 bridgehead atoms. The largest absolute Gasteiger partial charge is 0.325 e. The van der Waals surface area contributed by atoms with Crippen molar-refractivity contribution < 1.29 is 4.79 Å². The smallest absolute Gasteiger partial charge is 0.275 e. The summed E-state index contributed by atoms with van der Waals surface area (Å²) in [6, 6.07) is 5.77. The Labute approximate surface area is 117 Å². The molecule has 0 aliphatic carbocycles. The maximum absolute atomic E-state index is 12.0. The molecule has 0 unspecified atom stereocenters. The molecule has 1 aromatic heterocycles. The van der Waals surface area contributed by atoms with E-state index in [1.807, 2.05) is 25.1 Å². The third kappa shape index (κ3) is 2.95. The average molecular weight is 326 g/mol. The Morgan fingerprint density at radius 1 is 1.56 bits per heavy atom. The minimum absolute atomic E-state index is 0.225. The molecule has 0 spiro atoms. The van der Waals surface area contributed by atoms with Gasteiger partial charge in [-0.2, -0.15) is 0 Å². The molecule has 2 rings (SSSR count). The first-order valence-corrected chi connectivity index (χ1v) is 6.99. The van der Waals surface area contributed by atoms with Crippen molar-refractivity contribution >= 4 is 38.9 Å². The minimum atomic E-state index is -0.225. The summed E-state index contributed by atoms with van der Waals surface area (Å²) in [5.41, 5.74) is 7.68. The second-order valence-electron chi connectivity index (χ2n) is 3.77. The van der Waals surface area contributed by atoms with Crippen LogP contribution < -0.4 is 11.1 Å². The number of carbonyl (C=O) groups is 1. The lowest BCUT2D eigenvalue weighted by Crippen LogP contribution is -2.13. The molecule has 0 aliphatic rings. The summed E-state index contributed by atoms with van der Waals surface area (Å²) in [6.07, 6.45) is 0. The molecule has 1 amide bonds. The van der Waals surface area contributed by atoms with Crippen LogP contribution in [-0.4, -0.2) is 10.9 Å². The first kappa shape index (κ1) is 13.2. The molecule has 2 aromatic rings. The van der Waals surface area contributed by atoms with Gasteiger partial charge in [0.15, 0.2) is 0 Å². The number of amides is 1. The molecule has 94 valence electrons. The lowest BCUT2D eigenvalue weighted by atomic mass is 10.2. The Bertz CT molecular complexity index is 582. The second-order valence-corrected chi connectivity index (χ2v) is 5.57. The first-order valence-electron chi connectivity index (χ1n) is 5.32. The van der Waals surface area contributed by atoms with Crippen LogP contribution in [-0.2, 0) is 6.54 Å². The van der Waals surface area contributed by atoms with E-state index in [1.54, 1.807) is 5.38 Å². The lowest BCUT2D eigenvalue weighted by molar-refractivity contribution is 0.102. The number of anilines is 1. The fourth-order valence-corrected chi connectivity index (χ4v) is 2.43. The minimum Gasteiger partial charge on any atom is -0.325 e. The van der Waals surface area contributed by atoms with Crippen molar-refractivity contribution in [3.8, 4) is 0 Å². The number of benzene rings is 1. The fourth-order valence-electron chi connectivity index (χ4n) is 1.43. The molecule has 0 fully saturated rings. The van der Waals surface area contributed by atoms with Gasteiger partial charge in [0.2, 0.25) is 0 Å². The van der Waals surface area contributed by atoms with Crippen LogP contribution in [0.15, 0.2) is 28.1 Å². The highest BCUT2D eigenvalue weighted by Gasteiger charge is 2.11. The van der Waals surface area contributed by atoms with Crippen LogP contribution in [0.25, 0.3) is 0 Å². The van der Waals surface area contributed by atoms with E-state index in [9.17, 15) is 4.79 Å². The number of hydrogen-bond acceptors (Lipinski definition) is 4. The van der Waals surface area contributed by atoms with E-state index in [1.165, 1.54) is 11.3 Å². The number of aromatic nitrogens is 1. The maximum Gasteiger partial charge on any atom is 0.275 e. The van der Waals surface area contributed by atoms with Gasteiger partial charge in [0, 0.05) is 16.4 Å². The summed E-state index contributed by atoms with van der Waals surface area (Å²) in [4.78, 5) is 16.1. The van der Waals surface area contributed by atoms with Crippen LogP contribution in [0.5, 0.6) is 0 Å². The van der Waals surface area contributed by atoms with Gasteiger partial charge >= 0.3 is 0 Å². The van der Waals surface area contributed by atoms with E-state index in [0.29, 0.717) is 12.2 Å². The van der Waals surface area contributed by atoms with Crippen LogP contribution in [0.1, 0.15) is 21.1 Å². The zero-order valence-corrected chi connectivity index (χ0v) is 12.1. The first-order chi connectivity index (χ1) is 8.60. The predicted octanol–water partition coefficient (Wildman–Crippen LogP) is 2.93. The molecule has 0 aliphatic heterocycles. The summed E-state index contributed by atoms with van der Waals surface area (Å²) in [5, 5.41) is 5.29. The molecule has 4 nitrogen and oxygen atoms in total. The van der Waals surface area contributed by atoms with E-state index in [2.05, 4.69) is 26.2 Å². The highest BCUT2D eigenvalue weighted by atomic mass is 79.9. The quantitative estimate of drug-likeness (QED) is 0.911. The third-order valence-corrected chi connectivity index (χ3v) is 3.89. The molecule has 1 aromatic carbocycles. The molecule has 3 N–H and O–H groups in total. The number of halogens is 1. The molecule has 6 heteroatoms. The Balaban J connectivity index is 2.18. The normalized spacial score (nSPS) is 10.4. The predicted molar refractivity (Wildman–Crippen MR) is 76.8 cm³/mol. The monoisotopic (exact) mass is 325 g/mol. The van der Waals surface area contributed by atoms with E-state index < -0.39 is 0 Å². The average Bonchev–Trinajstić information content (AvgIpc) is 2.82. The van der Waals surface area contributed by atoms with Gasteiger partial charge in [-0.15, -0.1) is 11.3 Å². The Morgan fingerprint density at radius 2 is 2.33 bits per heavy atom. The van der Waals surface area contributed by atoms with Crippen LogP contribution in [0, 0.1) is 6.92 Å². The van der Waals surface area contributed by atoms with E-state index in [4.69, 9.17) is 5.73 Å². The van der Waals surface area contributed by atoms with Crippen LogP contribution in [0.4, 0.5) is 5.69 Å². The van der Waals surface area contributed by atoms with E-state index in [0.717, 1.165) is 20.7 Å². The lowest BCUT2D eigenvalue weighted by Gasteiger charge is -2.06. The van der Waals surface area contributed by atoms with Gasteiger partial charge in [-0.05, 0) is 40.5 Å². The van der Waals surface area contributed by atoms with Gasteiger partial charge in [-0.3, -0.25) is 4.79 Å². The Morgan fingerprint density at radius 3 is 3.00 bits per heavy atom. The van der Waals surface area contributed by atoms with Gasteiger partial charge in [0.25, 0.3) is 5.91 Å². The Hall–Kier alpha value is -1.24. The molecular formula is C12H12BrN3OS. The zero-order valence-electron chi connectivity index (χ0n) is 9.74. The summed E-state index contributed by atoms with van der Waals surface area (Å²) < 4.78 is 0.843. The van der Waals surface area contributed by atoms with Gasteiger partial charge in [0.05, 0.1) is 5.69 Å². The molecule has 0 radical (unpaired) electrons. The number of nitrogens with one attached hydrogen (secondary N) is 1. The van der Waals surface area contributed by atoms with Gasteiger partial charge in [-0.25, -0.2) is 4.98 Å². The van der Waals surface area contributed by atoms with Crippen LogP contribution in [0.3, 0.4) is 0 Å². The summed E-state index contributed by atoms with van der Waals surface area (Å²) in [5.74, 6) is -0.225. The van der Waals surface area contributed by atoms with Gasteiger partial charge in [0.1, 0.15) is 10.7 Å². The van der Waals surface area contributed by atoms with E-state index in [-0.39, 0.29) is 5.91 Å². The van der Waals surface area contributed by atoms with Gasteiger partial charge < -0.3 is 11.1 Å². The van der Waals surface area contributed by atoms with Crippen LogP contribution >= 0.6 is 27.3 Å². The van der Waals surface area contributed by atoms with Crippen molar-refractivity contribution in [1.82, 2.24) is 4.98 Å². The van der Waals surface area contributed by atoms with E-state index >= 15 is 0 Å². The number of aryl methyl sites for hydroxylation is 1. The van der Waals surface area contributed by atoms with Crippen molar-refractivity contribution in [3.05, 3.63) is 44.3 Å². The highest BCUT2D eigenvalue weighted by Crippen LogP contribution is 2.24. The summed E-state index contributed by atoms with van der Waals surface area (Å²) in [7, 11) is 0. The third-order valence-electron chi connectivity index (χ3n) is 2.33. The molecule has 1 heterocycles. The molecular weight excluding hydrogens is 314 g/mol. The number of rotatable bonds is 3. The number of nitrogens with two attached hydrogens (primary N) is 1. The summed E-state index contributed by atoms with van der Waals surface area (Å²) >= 11 is 4.78. The Kier molecular flexibility index (Phi) is 4.11. The number of carbonyl (C=O) groups excluding carboxylic acids is 1. The number of nitrogens with zero attached hydrogens (tertiary/aromatic N) is 1. The standard InChI is InChI=1S/C12H12BrN3OS/c1-7-2-3-8(13)9(4-7)16-12(17)10-6-18-11(5-14)15-10/h2-4,6H,5,14H2,1H3,(H,16,17). The molecule has 0 atom stereocenters. The number of hydrogen-bond donors (Lipinski definition) is 2. The van der Waals surface area contributed by atoms with Crippen molar-refractivity contribution in [1.29, 1.82) is 0 Å². The fraction of sp³-hybridized carbons (Fsp3) is 0.167. The molecule has 18 heavy (non-hydrogen) atoms.